The average Bonchev–Trinajstić information content (AvgIpc) is 2.68. The third-order valence-electron chi connectivity index (χ3n) is 4.64. The zero-order valence-electron chi connectivity index (χ0n) is 15.3. The Labute approximate surface area is 155 Å². The van der Waals surface area contributed by atoms with Crippen LogP contribution in [0.2, 0.25) is 0 Å². The molecule has 0 bridgehead atoms. The quantitative estimate of drug-likeness (QED) is 0.500. The van der Waals surface area contributed by atoms with E-state index in [2.05, 4.69) is 54.6 Å². The predicted octanol–water partition coefficient (Wildman–Crippen LogP) is 5.33. The van der Waals surface area contributed by atoms with Crippen LogP contribution in [0.1, 0.15) is 49.8 Å². The molecule has 2 aromatic carbocycles. The van der Waals surface area contributed by atoms with Crippen LogP contribution in [0.15, 0.2) is 66.7 Å². The highest BCUT2D eigenvalue weighted by Crippen LogP contribution is 2.37. The van der Waals surface area contributed by atoms with Crippen LogP contribution < -0.4 is 0 Å². The third kappa shape index (κ3) is 5.30. The minimum atomic E-state index is -0.214. The van der Waals surface area contributed by atoms with Crippen molar-refractivity contribution >= 4 is 11.5 Å². The Balaban J connectivity index is 1.68. The van der Waals surface area contributed by atoms with Crippen molar-refractivity contribution in [1.82, 2.24) is 0 Å². The summed E-state index contributed by atoms with van der Waals surface area (Å²) in [5.41, 5.74) is 3.83. The van der Waals surface area contributed by atoms with E-state index in [1.54, 1.807) is 0 Å². The molecule has 0 spiro atoms. The fraction of sp³-hybridized carbons (Fsp3) is 0.348. The Bertz CT molecular complexity index is 722. The van der Waals surface area contributed by atoms with Crippen molar-refractivity contribution in [2.45, 2.75) is 44.8 Å². The van der Waals surface area contributed by atoms with Crippen LogP contribution in [0.5, 0.6) is 0 Å². The standard InChI is InChI=1S/C23H26O3/c1-18(24)25-15-9-8-14-22-16-21(19-10-4-2-5-11-19)17-23(26-22)20-12-6-3-7-13-20/h2-7,10-13,16,22-23H,8-9,14-15,17H2,1H3/t22-,23-/m0/s1. The SMILES string of the molecule is CC(=O)OCCCC[C@H]1C=C(c2ccccc2)C[C@@H](c2ccccc2)O1. The highest BCUT2D eigenvalue weighted by molar-refractivity contribution is 5.67. The van der Waals surface area contributed by atoms with Crippen LogP contribution in [0.4, 0.5) is 0 Å². The van der Waals surface area contributed by atoms with Crippen molar-refractivity contribution in [1.29, 1.82) is 0 Å². The fourth-order valence-electron chi connectivity index (χ4n) is 3.34. The summed E-state index contributed by atoms with van der Waals surface area (Å²) < 4.78 is 11.4. The monoisotopic (exact) mass is 350 g/mol. The molecular formula is C23H26O3. The van der Waals surface area contributed by atoms with Gasteiger partial charge in [0.25, 0.3) is 0 Å². The molecule has 1 heterocycles. The van der Waals surface area contributed by atoms with Crippen molar-refractivity contribution in [2.24, 2.45) is 0 Å². The normalized spacial score (nSPS) is 19.7. The second-order valence-electron chi connectivity index (χ2n) is 6.67. The van der Waals surface area contributed by atoms with E-state index in [0.717, 1.165) is 25.7 Å². The summed E-state index contributed by atoms with van der Waals surface area (Å²) in [6.45, 7) is 1.93. The van der Waals surface area contributed by atoms with Crippen LogP contribution in [-0.2, 0) is 14.3 Å². The number of rotatable bonds is 7. The van der Waals surface area contributed by atoms with Gasteiger partial charge in [0.15, 0.2) is 0 Å². The van der Waals surface area contributed by atoms with Gasteiger partial charge in [-0.25, -0.2) is 0 Å². The number of unbranched alkanes of at least 4 members (excludes halogenated alkanes) is 1. The van der Waals surface area contributed by atoms with E-state index in [-0.39, 0.29) is 18.2 Å². The number of ether oxygens (including phenoxy) is 2. The summed E-state index contributed by atoms with van der Waals surface area (Å²) in [4.78, 5) is 10.9. The van der Waals surface area contributed by atoms with E-state index < -0.39 is 0 Å². The molecule has 0 aliphatic carbocycles. The van der Waals surface area contributed by atoms with Gasteiger partial charge in [-0.2, -0.15) is 0 Å². The second kappa shape index (κ2) is 9.35. The molecule has 0 aromatic heterocycles. The Hall–Kier alpha value is -2.39. The van der Waals surface area contributed by atoms with Crippen LogP contribution in [0, 0.1) is 0 Å². The van der Waals surface area contributed by atoms with Crippen LogP contribution in [-0.4, -0.2) is 18.7 Å². The Morgan fingerprint density at radius 1 is 1.04 bits per heavy atom. The molecule has 2 aromatic rings. The van der Waals surface area contributed by atoms with E-state index in [1.807, 2.05) is 12.1 Å². The van der Waals surface area contributed by atoms with Crippen molar-refractivity contribution in [3.8, 4) is 0 Å². The maximum absolute atomic E-state index is 10.9. The molecule has 0 saturated carbocycles. The summed E-state index contributed by atoms with van der Waals surface area (Å²) in [5.74, 6) is -0.214. The van der Waals surface area contributed by atoms with Gasteiger partial charge >= 0.3 is 5.97 Å². The first-order valence-corrected chi connectivity index (χ1v) is 9.32. The molecule has 1 aliphatic rings. The minimum Gasteiger partial charge on any atom is -0.466 e. The van der Waals surface area contributed by atoms with Crippen molar-refractivity contribution in [3.63, 3.8) is 0 Å². The predicted molar refractivity (Wildman–Crippen MR) is 104 cm³/mol. The molecule has 0 radical (unpaired) electrons. The Morgan fingerprint density at radius 3 is 2.42 bits per heavy atom. The van der Waals surface area contributed by atoms with Crippen LogP contribution >= 0.6 is 0 Å². The summed E-state index contributed by atoms with van der Waals surface area (Å²) in [7, 11) is 0. The third-order valence-corrected chi connectivity index (χ3v) is 4.64. The van der Waals surface area contributed by atoms with Gasteiger partial charge in [-0.05, 0) is 36.0 Å². The second-order valence-corrected chi connectivity index (χ2v) is 6.67. The largest absolute Gasteiger partial charge is 0.466 e. The lowest BCUT2D eigenvalue weighted by molar-refractivity contribution is -0.141. The van der Waals surface area contributed by atoms with Gasteiger partial charge < -0.3 is 9.47 Å². The molecule has 0 unspecified atom stereocenters. The number of hydrogen-bond acceptors (Lipinski definition) is 3. The number of carbonyl (C=O) groups is 1. The molecular weight excluding hydrogens is 324 g/mol. The maximum atomic E-state index is 10.9. The lowest BCUT2D eigenvalue weighted by Crippen LogP contribution is -2.21. The molecule has 0 amide bonds. The van der Waals surface area contributed by atoms with Crippen molar-refractivity contribution in [2.75, 3.05) is 6.61 Å². The highest BCUT2D eigenvalue weighted by Gasteiger charge is 2.24. The fourth-order valence-corrected chi connectivity index (χ4v) is 3.34. The van der Waals surface area contributed by atoms with Gasteiger partial charge in [-0.3, -0.25) is 4.79 Å². The minimum absolute atomic E-state index is 0.0786. The van der Waals surface area contributed by atoms with Gasteiger partial charge in [-0.15, -0.1) is 0 Å². The van der Waals surface area contributed by atoms with E-state index in [0.29, 0.717) is 6.61 Å². The number of esters is 1. The number of carbonyl (C=O) groups excluding carboxylic acids is 1. The first-order chi connectivity index (χ1) is 12.7. The van der Waals surface area contributed by atoms with Gasteiger partial charge in [0.05, 0.1) is 18.8 Å². The van der Waals surface area contributed by atoms with Crippen molar-refractivity contribution in [3.05, 3.63) is 77.9 Å². The Kier molecular flexibility index (Phi) is 6.62. The molecule has 0 saturated heterocycles. The molecule has 0 fully saturated rings. The summed E-state index contributed by atoms with van der Waals surface area (Å²) in [6, 6.07) is 21.0. The van der Waals surface area contributed by atoms with E-state index in [1.165, 1.54) is 23.6 Å². The summed E-state index contributed by atoms with van der Waals surface area (Å²) in [5, 5.41) is 0. The zero-order chi connectivity index (χ0) is 18.2. The van der Waals surface area contributed by atoms with Crippen LogP contribution in [0.3, 0.4) is 0 Å². The molecule has 2 atom stereocenters. The summed E-state index contributed by atoms with van der Waals surface area (Å²) >= 11 is 0. The average molecular weight is 350 g/mol. The molecule has 26 heavy (non-hydrogen) atoms. The van der Waals surface area contributed by atoms with E-state index in [9.17, 15) is 4.79 Å². The molecule has 0 N–H and O–H groups in total. The van der Waals surface area contributed by atoms with E-state index >= 15 is 0 Å². The highest BCUT2D eigenvalue weighted by atomic mass is 16.5. The van der Waals surface area contributed by atoms with E-state index in [4.69, 9.17) is 9.47 Å². The topological polar surface area (TPSA) is 35.5 Å². The lowest BCUT2D eigenvalue weighted by atomic mass is 9.91. The van der Waals surface area contributed by atoms with Crippen LogP contribution in [0.25, 0.3) is 5.57 Å². The molecule has 3 rings (SSSR count). The molecule has 3 heteroatoms. The first kappa shape index (κ1) is 18.4. The number of hydrogen-bond donors (Lipinski definition) is 0. The van der Waals surface area contributed by atoms with Gasteiger partial charge in [0.2, 0.25) is 0 Å². The summed E-state index contributed by atoms with van der Waals surface area (Å²) in [6.07, 6.45) is 6.08. The number of benzene rings is 2. The molecule has 1 aliphatic heterocycles. The van der Waals surface area contributed by atoms with Gasteiger partial charge in [0, 0.05) is 13.3 Å². The molecule has 136 valence electrons. The first-order valence-electron chi connectivity index (χ1n) is 9.32. The molecule has 3 nitrogen and oxygen atoms in total. The van der Waals surface area contributed by atoms with Crippen molar-refractivity contribution < 1.29 is 14.3 Å². The maximum Gasteiger partial charge on any atom is 0.302 e. The smallest absolute Gasteiger partial charge is 0.302 e. The Morgan fingerprint density at radius 2 is 1.73 bits per heavy atom. The van der Waals surface area contributed by atoms with Gasteiger partial charge in [-0.1, -0.05) is 66.7 Å². The lowest BCUT2D eigenvalue weighted by Gasteiger charge is -2.30. The van der Waals surface area contributed by atoms with Gasteiger partial charge in [0.1, 0.15) is 0 Å². The zero-order valence-corrected chi connectivity index (χ0v) is 15.3.